The third-order valence-electron chi connectivity index (χ3n) is 2.93. The number of nitrogens with one attached hydrogen (secondary N) is 1. The molecule has 4 nitrogen and oxygen atoms in total. The van der Waals surface area contributed by atoms with E-state index in [1.807, 2.05) is 25.1 Å². The van der Waals surface area contributed by atoms with Crippen LogP contribution in [0.25, 0.3) is 0 Å². The van der Waals surface area contributed by atoms with E-state index in [-0.39, 0.29) is 11.6 Å². The van der Waals surface area contributed by atoms with Gasteiger partial charge in [0.2, 0.25) is 0 Å². The van der Waals surface area contributed by atoms with E-state index in [9.17, 15) is 0 Å². The van der Waals surface area contributed by atoms with Gasteiger partial charge >= 0.3 is 0 Å². The Hall–Kier alpha value is -1.10. The van der Waals surface area contributed by atoms with E-state index < -0.39 is 0 Å². The van der Waals surface area contributed by atoms with Gasteiger partial charge in [-0.2, -0.15) is 0 Å². The van der Waals surface area contributed by atoms with Crippen molar-refractivity contribution in [2.24, 2.45) is 0 Å². The quantitative estimate of drug-likeness (QED) is 0.711. The number of methoxy groups -OCH3 is 1. The van der Waals surface area contributed by atoms with Crippen molar-refractivity contribution in [1.29, 1.82) is 0 Å². The van der Waals surface area contributed by atoms with Crippen LogP contribution in [0, 0.1) is 0 Å². The highest BCUT2D eigenvalue weighted by Crippen LogP contribution is 2.18. The summed E-state index contributed by atoms with van der Waals surface area (Å²) in [4.78, 5) is 0. The second-order valence-electron chi connectivity index (χ2n) is 6.20. The maximum Gasteiger partial charge on any atom is 0.123 e. The van der Waals surface area contributed by atoms with Crippen LogP contribution in [0.15, 0.2) is 24.3 Å². The number of para-hydroxylation sites is 1. The van der Waals surface area contributed by atoms with Crippen molar-refractivity contribution >= 4 is 0 Å². The topological polar surface area (TPSA) is 39.7 Å². The van der Waals surface area contributed by atoms with Gasteiger partial charge in [-0.25, -0.2) is 0 Å². The van der Waals surface area contributed by atoms with Crippen LogP contribution in [0.2, 0.25) is 0 Å². The average molecular weight is 295 g/mol. The predicted molar refractivity (Wildman–Crippen MR) is 85.8 cm³/mol. The summed E-state index contributed by atoms with van der Waals surface area (Å²) in [6.45, 7) is 11.0. The van der Waals surface area contributed by atoms with Crippen LogP contribution in [0.4, 0.5) is 0 Å². The molecule has 1 unspecified atom stereocenters. The van der Waals surface area contributed by atoms with Gasteiger partial charge in [0.25, 0.3) is 0 Å². The molecule has 0 radical (unpaired) electrons. The molecule has 1 atom stereocenters. The van der Waals surface area contributed by atoms with Crippen molar-refractivity contribution in [1.82, 2.24) is 5.32 Å². The fourth-order valence-electron chi connectivity index (χ4n) is 1.83. The lowest BCUT2D eigenvalue weighted by Gasteiger charge is -2.21. The fourth-order valence-corrected chi connectivity index (χ4v) is 1.83. The Balaban J connectivity index is 2.40. The highest BCUT2D eigenvalue weighted by atomic mass is 16.5. The Labute approximate surface area is 128 Å². The third kappa shape index (κ3) is 8.05. The van der Waals surface area contributed by atoms with Gasteiger partial charge in [0.05, 0.1) is 19.3 Å². The van der Waals surface area contributed by atoms with Crippen LogP contribution in [0.1, 0.15) is 33.3 Å². The van der Waals surface area contributed by atoms with Crippen LogP contribution >= 0.6 is 0 Å². The summed E-state index contributed by atoms with van der Waals surface area (Å²) in [6, 6.07) is 8.11. The molecule has 0 saturated carbocycles. The van der Waals surface area contributed by atoms with Gasteiger partial charge in [-0.3, -0.25) is 0 Å². The largest absolute Gasteiger partial charge is 0.491 e. The maximum atomic E-state index is 5.83. The molecule has 0 aliphatic heterocycles. The van der Waals surface area contributed by atoms with Crippen molar-refractivity contribution in [2.45, 2.75) is 45.9 Å². The standard InChI is InChI=1S/C17H29NO3/c1-14(13-19-5)20-10-11-21-16-9-7-6-8-15(16)12-18-17(2,3)4/h6-9,14,18H,10-13H2,1-5H3. The lowest BCUT2D eigenvalue weighted by atomic mass is 10.1. The molecule has 0 amide bonds. The molecule has 0 bridgehead atoms. The van der Waals surface area contributed by atoms with E-state index >= 15 is 0 Å². The molecule has 1 N–H and O–H groups in total. The van der Waals surface area contributed by atoms with E-state index in [1.165, 1.54) is 0 Å². The Morgan fingerprint density at radius 2 is 1.86 bits per heavy atom. The minimum Gasteiger partial charge on any atom is -0.491 e. The van der Waals surface area contributed by atoms with E-state index in [2.05, 4.69) is 32.2 Å². The molecule has 0 aliphatic carbocycles. The van der Waals surface area contributed by atoms with Crippen molar-refractivity contribution < 1.29 is 14.2 Å². The molecule has 1 rings (SSSR count). The summed E-state index contributed by atoms with van der Waals surface area (Å²) in [5, 5.41) is 3.48. The molecule has 1 aromatic carbocycles. The summed E-state index contributed by atoms with van der Waals surface area (Å²) in [5.74, 6) is 0.914. The molecular weight excluding hydrogens is 266 g/mol. The molecule has 4 heteroatoms. The monoisotopic (exact) mass is 295 g/mol. The molecular formula is C17H29NO3. The minimum absolute atomic E-state index is 0.0891. The smallest absolute Gasteiger partial charge is 0.123 e. The van der Waals surface area contributed by atoms with Crippen LogP contribution in [-0.4, -0.2) is 38.6 Å². The molecule has 0 spiro atoms. The first-order valence-electron chi connectivity index (χ1n) is 7.48. The van der Waals surface area contributed by atoms with Gasteiger partial charge in [0.1, 0.15) is 12.4 Å². The first kappa shape index (κ1) is 18.0. The summed E-state index contributed by atoms with van der Waals surface area (Å²) in [7, 11) is 1.68. The SMILES string of the molecule is COCC(C)OCCOc1ccccc1CNC(C)(C)C. The number of rotatable bonds is 9. The normalized spacial score (nSPS) is 13.2. The van der Waals surface area contributed by atoms with Gasteiger partial charge in [0.15, 0.2) is 0 Å². The highest BCUT2D eigenvalue weighted by Gasteiger charge is 2.10. The second kappa shape index (κ2) is 9.03. The average Bonchev–Trinajstić information content (AvgIpc) is 2.42. The Morgan fingerprint density at radius 3 is 2.52 bits per heavy atom. The minimum atomic E-state index is 0.0891. The number of ether oxygens (including phenoxy) is 3. The molecule has 120 valence electrons. The molecule has 21 heavy (non-hydrogen) atoms. The lowest BCUT2D eigenvalue weighted by Crippen LogP contribution is -2.35. The Bertz CT molecular complexity index is 401. The molecule has 0 heterocycles. The van der Waals surface area contributed by atoms with E-state index in [0.29, 0.717) is 19.8 Å². The zero-order valence-corrected chi connectivity index (χ0v) is 13.9. The van der Waals surface area contributed by atoms with Crippen molar-refractivity contribution in [2.75, 3.05) is 26.9 Å². The predicted octanol–water partition coefficient (Wildman–Crippen LogP) is 3.01. The number of hydrogen-bond donors (Lipinski definition) is 1. The van der Waals surface area contributed by atoms with Crippen LogP contribution in [-0.2, 0) is 16.0 Å². The van der Waals surface area contributed by atoms with Gasteiger partial charge in [0, 0.05) is 24.8 Å². The Morgan fingerprint density at radius 1 is 1.14 bits per heavy atom. The molecule has 0 fully saturated rings. The summed E-state index contributed by atoms with van der Waals surface area (Å²) >= 11 is 0. The zero-order valence-electron chi connectivity index (χ0n) is 13.9. The van der Waals surface area contributed by atoms with E-state index in [0.717, 1.165) is 17.9 Å². The zero-order chi connectivity index (χ0) is 15.7. The van der Waals surface area contributed by atoms with Crippen LogP contribution in [0.3, 0.4) is 0 Å². The van der Waals surface area contributed by atoms with Gasteiger partial charge < -0.3 is 19.5 Å². The highest BCUT2D eigenvalue weighted by molar-refractivity contribution is 5.33. The first-order valence-corrected chi connectivity index (χ1v) is 7.48. The van der Waals surface area contributed by atoms with Gasteiger partial charge in [-0.15, -0.1) is 0 Å². The van der Waals surface area contributed by atoms with Crippen LogP contribution in [0.5, 0.6) is 5.75 Å². The molecule has 0 saturated heterocycles. The van der Waals surface area contributed by atoms with Crippen molar-refractivity contribution in [3.8, 4) is 5.75 Å². The second-order valence-corrected chi connectivity index (χ2v) is 6.20. The molecule has 0 aromatic heterocycles. The number of hydrogen-bond acceptors (Lipinski definition) is 4. The summed E-state index contributed by atoms with van der Waals surface area (Å²) < 4.78 is 16.4. The third-order valence-corrected chi connectivity index (χ3v) is 2.93. The van der Waals surface area contributed by atoms with Crippen LogP contribution < -0.4 is 10.1 Å². The summed E-state index contributed by atoms with van der Waals surface area (Å²) in [5.41, 5.74) is 1.25. The van der Waals surface area contributed by atoms with Gasteiger partial charge in [-0.1, -0.05) is 18.2 Å². The summed E-state index contributed by atoms with van der Waals surface area (Å²) in [6.07, 6.45) is 0.0939. The van der Waals surface area contributed by atoms with E-state index in [4.69, 9.17) is 14.2 Å². The molecule has 1 aromatic rings. The Kier molecular flexibility index (Phi) is 7.72. The lowest BCUT2D eigenvalue weighted by molar-refractivity contribution is -0.00224. The van der Waals surface area contributed by atoms with E-state index in [1.54, 1.807) is 7.11 Å². The maximum absolute atomic E-state index is 5.83. The molecule has 0 aliphatic rings. The number of benzene rings is 1. The first-order chi connectivity index (χ1) is 9.92. The fraction of sp³-hybridized carbons (Fsp3) is 0.647. The van der Waals surface area contributed by atoms with Gasteiger partial charge in [-0.05, 0) is 33.8 Å². The van der Waals surface area contributed by atoms with Crippen molar-refractivity contribution in [3.05, 3.63) is 29.8 Å². The van der Waals surface area contributed by atoms with Crippen molar-refractivity contribution in [3.63, 3.8) is 0 Å².